The molecule has 0 aliphatic carbocycles. The summed E-state index contributed by atoms with van der Waals surface area (Å²) in [6.45, 7) is 8.15. The second-order valence-corrected chi connectivity index (χ2v) is 10.7. The first kappa shape index (κ1) is 31.3. The highest BCUT2D eigenvalue weighted by molar-refractivity contribution is 5.70. The van der Waals surface area contributed by atoms with Crippen molar-refractivity contribution in [2.24, 2.45) is 5.92 Å². The van der Waals surface area contributed by atoms with Gasteiger partial charge in [-0.05, 0) is 75.8 Å². The van der Waals surface area contributed by atoms with Crippen LogP contribution in [0.15, 0.2) is 60.2 Å². The number of aliphatic hydroxyl groups is 3. The van der Waals surface area contributed by atoms with E-state index < -0.39 is 41.5 Å². The van der Waals surface area contributed by atoms with Gasteiger partial charge in [-0.1, -0.05) is 43.4 Å². The van der Waals surface area contributed by atoms with Crippen LogP contribution in [0.25, 0.3) is 0 Å². The van der Waals surface area contributed by atoms with E-state index in [1.54, 1.807) is 56.4 Å². The van der Waals surface area contributed by atoms with E-state index in [4.69, 9.17) is 9.47 Å². The highest BCUT2D eigenvalue weighted by Crippen LogP contribution is 2.27. The average molecular weight is 531 g/mol. The lowest BCUT2D eigenvalue weighted by atomic mass is 9.88. The topological polar surface area (TPSA) is 134 Å². The Kier molecular flexibility index (Phi) is 11.3. The van der Waals surface area contributed by atoms with Crippen LogP contribution in [0.5, 0.6) is 5.75 Å². The van der Waals surface area contributed by atoms with E-state index in [9.17, 15) is 30.0 Å². The monoisotopic (exact) mass is 530 g/mol. The Bertz CT molecular complexity index is 1020. The molecule has 1 aliphatic rings. The Balaban J connectivity index is 2.21. The van der Waals surface area contributed by atoms with Crippen molar-refractivity contribution in [2.45, 2.75) is 96.2 Å². The Hall–Kier alpha value is -2.94. The van der Waals surface area contributed by atoms with E-state index in [1.165, 1.54) is 13.8 Å². The summed E-state index contributed by atoms with van der Waals surface area (Å²) in [6, 6.07) is 6.85. The van der Waals surface area contributed by atoms with Crippen LogP contribution in [0.2, 0.25) is 0 Å². The van der Waals surface area contributed by atoms with Gasteiger partial charge in [0.25, 0.3) is 0 Å². The molecule has 0 bridgehead atoms. The third kappa shape index (κ3) is 10.4. The molecule has 0 saturated heterocycles. The Morgan fingerprint density at radius 2 is 1.89 bits per heavy atom. The standard InChI is InChI=1S/C30H42O8/c1-20(7-6-16-29(4,35)17-14-23-9-11-24(32)12-10-23)28-21(2)8-13-26(37-22(3)31)30(5,36)18-15-25(33)19-27(34)38-28/h6-13,16,21,25-26,28,32-33,35-36H,14-15,17-19H2,1-5H3/b13-8+,16-6+,20-7+/t21-,25+,26-,28+,29?,30+/m0/s1. The Morgan fingerprint density at radius 3 is 2.53 bits per heavy atom. The molecule has 1 unspecified atom stereocenters. The van der Waals surface area contributed by atoms with Crippen LogP contribution in [0, 0.1) is 5.92 Å². The van der Waals surface area contributed by atoms with Gasteiger partial charge in [-0.15, -0.1) is 0 Å². The summed E-state index contributed by atoms with van der Waals surface area (Å²) in [6.07, 6.45) is 6.98. The number of carbonyl (C=O) groups is 2. The van der Waals surface area contributed by atoms with Gasteiger partial charge in [-0.3, -0.25) is 9.59 Å². The number of rotatable bonds is 7. The highest BCUT2D eigenvalue weighted by Gasteiger charge is 2.35. The zero-order valence-electron chi connectivity index (χ0n) is 23.0. The van der Waals surface area contributed by atoms with Gasteiger partial charge in [0.2, 0.25) is 0 Å². The smallest absolute Gasteiger partial charge is 0.309 e. The molecule has 8 nitrogen and oxygen atoms in total. The Morgan fingerprint density at radius 1 is 1.24 bits per heavy atom. The van der Waals surface area contributed by atoms with Crippen molar-refractivity contribution in [1.29, 1.82) is 0 Å². The van der Waals surface area contributed by atoms with Crippen LogP contribution in [0.1, 0.15) is 65.9 Å². The van der Waals surface area contributed by atoms with Crippen LogP contribution in [0.3, 0.4) is 0 Å². The maximum Gasteiger partial charge on any atom is 0.309 e. The van der Waals surface area contributed by atoms with Crippen LogP contribution >= 0.6 is 0 Å². The van der Waals surface area contributed by atoms with Gasteiger partial charge in [0.05, 0.1) is 18.1 Å². The van der Waals surface area contributed by atoms with Gasteiger partial charge >= 0.3 is 11.9 Å². The molecule has 4 N–H and O–H groups in total. The summed E-state index contributed by atoms with van der Waals surface area (Å²) in [4.78, 5) is 24.2. The van der Waals surface area contributed by atoms with E-state index in [0.29, 0.717) is 18.4 Å². The number of aromatic hydroxyl groups is 1. The van der Waals surface area contributed by atoms with Gasteiger partial charge in [0.1, 0.15) is 23.6 Å². The van der Waals surface area contributed by atoms with Crippen molar-refractivity contribution in [1.82, 2.24) is 0 Å². The number of carbonyl (C=O) groups excluding carboxylic acids is 2. The summed E-state index contributed by atoms with van der Waals surface area (Å²) in [5.74, 6) is -1.25. The SMILES string of the molecule is CC(=O)O[C@H]1/C=C/[C@H](C)[C@@H](/C(C)=C/C=C/C(C)(O)CCc2ccc(O)cc2)OC(=O)C[C@H](O)CC[C@@]1(C)O. The number of hydrogen-bond donors (Lipinski definition) is 4. The zero-order chi connectivity index (χ0) is 28.5. The third-order valence-corrected chi connectivity index (χ3v) is 6.74. The molecule has 0 fully saturated rings. The maximum atomic E-state index is 12.6. The molecule has 0 amide bonds. The van der Waals surface area contributed by atoms with Crippen LogP contribution < -0.4 is 0 Å². The summed E-state index contributed by atoms with van der Waals surface area (Å²) in [5.41, 5.74) is -0.808. The number of cyclic esters (lactones) is 1. The molecule has 0 aromatic heterocycles. The molecule has 0 radical (unpaired) electrons. The molecule has 38 heavy (non-hydrogen) atoms. The Labute approximate surface area is 225 Å². The fourth-order valence-electron chi connectivity index (χ4n) is 4.28. The van der Waals surface area contributed by atoms with E-state index >= 15 is 0 Å². The van der Waals surface area contributed by atoms with Crippen molar-refractivity contribution < 1.29 is 39.5 Å². The van der Waals surface area contributed by atoms with Crippen LogP contribution in [0.4, 0.5) is 0 Å². The van der Waals surface area contributed by atoms with Gasteiger partial charge in [0, 0.05) is 12.8 Å². The quantitative estimate of drug-likeness (QED) is 0.237. The number of allylic oxidation sites excluding steroid dienone is 2. The molecule has 2 rings (SSSR count). The van der Waals surface area contributed by atoms with Gasteiger partial charge in [-0.2, -0.15) is 0 Å². The minimum atomic E-state index is -1.43. The second kappa shape index (κ2) is 13.7. The average Bonchev–Trinajstić information content (AvgIpc) is 2.82. The molecule has 0 spiro atoms. The summed E-state index contributed by atoms with van der Waals surface area (Å²) < 4.78 is 11.1. The van der Waals surface area contributed by atoms with Crippen molar-refractivity contribution in [3.8, 4) is 5.75 Å². The number of benzene rings is 1. The molecular weight excluding hydrogens is 488 g/mol. The fourth-order valence-corrected chi connectivity index (χ4v) is 4.28. The van der Waals surface area contributed by atoms with Crippen molar-refractivity contribution in [2.75, 3.05) is 0 Å². The zero-order valence-corrected chi connectivity index (χ0v) is 23.0. The number of ether oxygens (including phenoxy) is 2. The molecule has 8 heteroatoms. The van der Waals surface area contributed by atoms with Gasteiger partial charge < -0.3 is 29.9 Å². The summed E-state index contributed by atoms with van der Waals surface area (Å²) in [7, 11) is 0. The molecule has 1 aliphatic heterocycles. The van der Waals surface area contributed by atoms with Crippen molar-refractivity contribution in [3.63, 3.8) is 0 Å². The first-order valence-corrected chi connectivity index (χ1v) is 13.0. The first-order valence-electron chi connectivity index (χ1n) is 13.0. The number of aryl methyl sites for hydroxylation is 1. The third-order valence-electron chi connectivity index (χ3n) is 6.74. The first-order chi connectivity index (χ1) is 17.7. The highest BCUT2D eigenvalue weighted by atomic mass is 16.6. The molecular formula is C30H42O8. The molecule has 6 atom stereocenters. The molecule has 1 aromatic carbocycles. The number of aliphatic hydroxyl groups excluding tert-OH is 1. The molecule has 1 heterocycles. The van der Waals surface area contributed by atoms with Crippen molar-refractivity contribution >= 4 is 11.9 Å². The predicted molar refractivity (Wildman–Crippen MR) is 144 cm³/mol. The largest absolute Gasteiger partial charge is 0.508 e. The number of phenolic OH excluding ortho intramolecular Hbond substituents is 1. The number of esters is 2. The second-order valence-electron chi connectivity index (χ2n) is 10.7. The molecule has 210 valence electrons. The van der Waals surface area contributed by atoms with E-state index in [-0.39, 0.29) is 30.9 Å². The minimum Gasteiger partial charge on any atom is -0.508 e. The number of phenols is 1. The van der Waals surface area contributed by atoms with Crippen molar-refractivity contribution in [3.05, 3.63) is 65.8 Å². The minimum absolute atomic E-state index is 0.123. The summed E-state index contributed by atoms with van der Waals surface area (Å²) >= 11 is 0. The molecule has 0 saturated carbocycles. The van der Waals surface area contributed by atoms with Crippen LogP contribution in [-0.4, -0.2) is 61.9 Å². The van der Waals surface area contributed by atoms with Gasteiger partial charge in [0.15, 0.2) is 0 Å². The summed E-state index contributed by atoms with van der Waals surface area (Å²) in [5, 5.41) is 41.5. The molecule has 1 aromatic rings. The van der Waals surface area contributed by atoms with Gasteiger partial charge in [-0.25, -0.2) is 0 Å². The van der Waals surface area contributed by atoms with E-state index in [0.717, 1.165) is 5.56 Å². The predicted octanol–water partition coefficient (Wildman–Crippen LogP) is 3.91. The van der Waals surface area contributed by atoms with E-state index in [2.05, 4.69) is 0 Å². The lowest BCUT2D eigenvalue weighted by molar-refractivity contribution is -0.157. The normalized spacial score (nSPS) is 30.0. The fraction of sp³-hybridized carbons (Fsp3) is 0.533. The lowest BCUT2D eigenvalue weighted by Crippen LogP contribution is -2.42. The lowest BCUT2D eigenvalue weighted by Gasteiger charge is -2.32. The van der Waals surface area contributed by atoms with E-state index in [1.807, 2.05) is 19.1 Å². The van der Waals surface area contributed by atoms with Crippen LogP contribution in [-0.2, 0) is 25.5 Å². The maximum absolute atomic E-state index is 12.6. The number of hydrogen-bond acceptors (Lipinski definition) is 8.